The van der Waals surface area contributed by atoms with E-state index in [9.17, 15) is 4.79 Å². The van der Waals surface area contributed by atoms with E-state index in [1.807, 2.05) is 6.20 Å². The van der Waals surface area contributed by atoms with Crippen LogP contribution in [0, 0.1) is 0 Å². The number of rotatable bonds is 7. The predicted molar refractivity (Wildman–Crippen MR) is 106 cm³/mol. The number of amides is 1. The fourth-order valence-corrected chi connectivity index (χ4v) is 3.99. The van der Waals surface area contributed by atoms with Crippen LogP contribution < -0.4 is 10.1 Å². The Labute approximate surface area is 163 Å². The molecule has 1 aromatic heterocycles. The highest BCUT2D eigenvalue weighted by atomic mass is 35.5. The number of thiazole rings is 1. The number of piperidine rings is 1. The van der Waals surface area contributed by atoms with E-state index in [1.165, 1.54) is 24.1 Å². The second-order valence-corrected chi connectivity index (χ2v) is 8.10. The number of carbonyl (C=O) groups excluding carboxylic acids is 1. The number of hydrogen-bond donors (Lipinski definition) is 1. The van der Waals surface area contributed by atoms with Gasteiger partial charge in [-0.3, -0.25) is 9.69 Å². The fraction of sp³-hybridized carbons (Fsp3) is 0.474. The lowest BCUT2D eigenvalue weighted by molar-refractivity contribution is -0.116. The van der Waals surface area contributed by atoms with Crippen molar-refractivity contribution >= 4 is 34.0 Å². The van der Waals surface area contributed by atoms with Gasteiger partial charge >= 0.3 is 0 Å². The number of ether oxygens (including phenoxy) is 1. The van der Waals surface area contributed by atoms with Gasteiger partial charge in [0.25, 0.3) is 0 Å². The smallest absolute Gasteiger partial charge is 0.229 e. The van der Waals surface area contributed by atoms with Crippen LogP contribution in [0.25, 0.3) is 0 Å². The monoisotopic (exact) mass is 393 g/mol. The van der Waals surface area contributed by atoms with Crippen molar-refractivity contribution in [1.29, 1.82) is 0 Å². The SMILES string of the molecule is CC1CCCCN1Cc1cnc(NC(=O)CCOc2ccc(Cl)cc2)s1. The van der Waals surface area contributed by atoms with Gasteiger partial charge in [-0.15, -0.1) is 11.3 Å². The zero-order valence-corrected chi connectivity index (χ0v) is 16.5. The molecule has 0 saturated carbocycles. The number of aromatic nitrogens is 1. The van der Waals surface area contributed by atoms with E-state index in [-0.39, 0.29) is 12.3 Å². The average molecular weight is 394 g/mol. The number of anilines is 1. The summed E-state index contributed by atoms with van der Waals surface area (Å²) in [5.41, 5.74) is 0. The van der Waals surface area contributed by atoms with E-state index in [2.05, 4.69) is 22.1 Å². The van der Waals surface area contributed by atoms with E-state index in [0.29, 0.717) is 28.6 Å². The average Bonchev–Trinajstić information content (AvgIpc) is 3.05. The number of halogens is 1. The first kappa shape index (κ1) is 19.1. The molecule has 2 aromatic rings. The Morgan fingerprint density at radius 3 is 2.96 bits per heavy atom. The fourth-order valence-electron chi connectivity index (χ4n) is 3.01. The molecule has 1 aliphatic rings. The molecule has 1 N–H and O–H groups in total. The molecule has 1 unspecified atom stereocenters. The number of likely N-dealkylation sites (tertiary alicyclic amines) is 1. The number of nitrogens with zero attached hydrogens (tertiary/aromatic N) is 2. The topological polar surface area (TPSA) is 54.5 Å². The molecule has 1 saturated heterocycles. The maximum Gasteiger partial charge on any atom is 0.229 e. The van der Waals surface area contributed by atoms with Crippen LogP contribution in [0.15, 0.2) is 30.5 Å². The van der Waals surface area contributed by atoms with Crippen LogP contribution in [0.1, 0.15) is 37.5 Å². The van der Waals surface area contributed by atoms with Crippen molar-refractivity contribution in [2.24, 2.45) is 0 Å². The van der Waals surface area contributed by atoms with Gasteiger partial charge in [-0.05, 0) is 50.6 Å². The summed E-state index contributed by atoms with van der Waals surface area (Å²) in [6, 6.07) is 7.71. The van der Waals surface area contributed by atoms with Crippen LogP contribution in [0.5, 0.6) is 5.75 Å². The molecule has 1 fully saturated rings. The van der Waals surface area contributed by atoms with E-state index in [0.717, 1.165) is 13.1 Å². The lowest BCUT2D eigenvalue weighted by Crippen LogP contribution is -2.36. The second kappa shape index (κ2) is 9.35. The van der Waals surface area contributed by atoms with Gasteiger partial charge in [0.15, 0.2) is 5.13 Å². The normalized spacial score (nSPS) is 17.8. The molecular formula is C19H24ClN3O2S. The van der Waals surface area contributed by atoms with Crippen molar-refractivity contribution in [2.75, 3.05) is 18.5 Å². The summed E-state index contributed by atoms with van der Waals surface area (Å²) in [7, 11) is 0. The molecule has 5 nitrogen and oxygen atoms in total. The van der Waals surface area contributed by atoms with Crippen molar-refractivity contribution in [3.05, 3.63) is 40.4 Å². The molecule has 7 heteroatoms. The van der Waals surface area contributed by atoms with E-state index in [1.54, 1.807) is 35.6 Å². The summed E-state index contributed by atoms with van der Waals surface area (Å²) in [6.07, 6.45) is 5.99. The van der Waals surface area contributed by atoms with Gasteiger partial charge in [-0.1, -0.05) is 18.0 Å². The van der Waals surface area contributed by atoms with E-state index < -0.39 is 0 Å². The van der Waals surface area contributed by atoms with Crippen molar-refractivity contribution < 1.29 is 9.53 Å². The van der Waals surface area contributed by atoms with Crippen LogP contribution in [-0.2, 0) is 11.3 Å². The minimum absolute atomic E-state index is 0.0915. The van der Waals surface area contributed by atoms with Crippen LogP contribution in [0.4, 0.5) is 5.13 Å². The van der Waals surface area contributed by atoms with Gasteiger partial charge in [0, 0.05) is 28.7 Å². The molecule has 1 aliphatic heterocycles. The van der Waals surface area contributed by atoms with Crippen molar-refractivity contribution in [1.82, 2.24) is 9.88 Å². The molecule has 140 valence electrons. The first-order valence-corrected chi connectivity index (χ1v) is 10.2. The first-order chi connectivity index (χ1) is 12.6. The summed E-state index contributed by atoms with van der Waals surface area (Å²) in [5.74, 6) is 0.612. The van der Waals surface area contributed by atoms with Crippen LogP contribution in [0.3, 0.4) is 0 Å². The standard InChI is InChI=1S/C19H24ClN3O2S/c1-14-4-2-3-10-23(14)13-17-12-21-19(26-17)22-18(24)9-11-25-16-7-5-15(20)6-8-16/h5-8,12,14H,2-4,9-11,13H2,1H3,(H,21,22,24). The molecule has 26 heavy (non-hydrogen) atoms. The Bertz CT molecular complexity index is 720. The Morgan fingerprint density at radius 1 is 1.38 bits per heavy atom. The summed E-state index contributed by atoms with van der Waals surface area (Å²) >= 11 is 7.38. The Morgan fingerprint density at radius 2 is 2.19 bits per heavy atom. The molecule has 2 heterocycles. The van der Waals surface area contributed by atoms with Crippen LogP contribution in [-0.4, -0.2) is 35.0 Å². The van der Waals surface area contributed by atoms with Gasteiger partial charge in [-0.25, -0.2) is 4.98 Å². The summed E-state index contributed by atoms with van der Waals surface area (Å²) < 4.78 is 5.54. The maximum absolute atomic E-state index is 12.1. The van der Waals surface area contributed by atoms with Crippen LogP contribution in [0.2, 0.25) is 5.02 Å². The molecule has 0 aliphatic carbocycles. The molecule has 1 atom stereocenters. The predicted octanol–water partition coefficient (Wildman–Crippen LogP) is 4.58. The quantitative estimate of drug-likeness (QED) is 0.748. The first-order valence-electron chi connectivity index (χ1n) is 8.97. The molecule has 1 aromatic carbocycles. The van der Waals surface area contributed by atoms with Crippen LogP contribution >= 0.6 is 22.9 Å². The third-order valence-corrected chi connectivity index (χ3v) is 5.66. The van der Waals surface area contributed by atoms with Crippen molar-refractivity contribution in [3.8, 4) is 5.75 Å². The van der Waals surface area contributed by atoms with Crippen molar-refractivity contribution in [3.63, 3.8) is 0 Å². The third-order valence-electron chi connectivity index (χ3n) is 4.51. The van der Waals surface area contributed by atoms with Gasteiger partial charge in [0.2, 0.25) is 5.91 Å². The Hall–Kier alpha value is -1.63. The molecule has 0 spiro atoms. The molecule has 0 radical (unpaired) electrons. The van der Waals surface area contributed by atoms with Gasteiger partial charge in [-0.2, -0.15) is 0 Å². The summed E-state index contributed by atoms with van der Waals surface area (Å²) in [6.45, 7) is 4.65. The lowest BCUT2D eigenvalue weighted by Gasteiger charge is -2.32. The number of benzene rings is 1. The zero-order valence-electron chi connectivity index (χ0n) is 14.9. The Balaban J connectivity index is 1.41. The lowest BCUT2D eigenvalue weighted by atomic mass is 10.0. The number of hydrogen-bond acceptors (Lipinski definition) is 5. The number of nitrogens with one attached hydrogen (secondary N) is 1. The highest BCUT2D eigenvalue weighted by molar-refractivity contribution is 7.15. The summed E-state index contributed by atoms with van der Waals surface area (Å²) in [4.78, 5) is 20.1. The maximum atomic E-state index is 12.1. The highest BCUT2D eigenvalue weighted by Crippen LogP contribution is 2.24. The van der Waals surface area contributed by atoms with Gasteiger partial charge in [0.1, 0.15) is 5.75 Å². The zero-order chi connectivity index (χ0) is 18.4. The number of carbonyl (C=O) groups is 1. The minimum atomic E-state index is -0.0915. The Kier molecular flexibility index (Phi) is 6.88. The summed E-state index contributed by atoms with van der Waals surface area (Å²) in [5, 5.41) is 4.17. The van der Waals surface area contributed by atoms with E-state index in [4.69, 9.17) is 16.3 Å². The highest BCUT2D eigenvalue weighted by Gasteiger charge is 2.19. The second-order valence-electron chi connectivity index (χ2n) is 6.55. The molecular weight excluding hydrogens is 370 g/mol. The minimum Gasteiger partial charge on any atom is -0.493 e. The largest absolute Gasteiger partial charge is 0.493 e. The van der Waals surface area contributed by atoms with Gasteiger partial charge in [0.05, 0.1) is 13.0 Å². The van der Waals surface area contributed by atoms with E-state index >= 15 is 0 Å². The third kappa shape index (κ3) is 5.69. The van der Waals surface area contributed by atoms with Gasteiger partial charge < -0.3 is 10.1 Å². The molecule has 1 amide bonds. The molecule has 0 bridgehead atoms. The van der Waals surface area contributed by atoms with Crippen molar-refractivity contribution in [2.45, 2.75) is 45.2 Å². The molecule has 3 rings (SSSR count).